The first-order valence-electron chi connectivity index (χ1n) is 23.9. The summed E-state index contributed by atoms with van der Waals surface area (Å²) in [5, 5.41) is 13.7. The lowest BCUT2D eigenvalue weighted by Crippen LogP contribution is -2.08. The zero-order chi connectivity index (χ0) is 45.9. The third-order valence-electron chi connectivity index (χ3n) is 14.5. The van der Waals surface area contributed by atoms with Gasteiger partial charge in [-0.25, -0.2) is 0 Å². The van der Waals surface area contributed by atoms with Crippen LogP contribution in [-0.2, 0) is 0 Å². The Morgan fingerprint density at radius 1 is 0.229 bits per heavy atom. The second-order valence-electron chi connectivity index (χ2n) is 18.3. The molecule has 70 heavy (non-hydrogen) atoms. The number of hydrogen-bond acceptors (Lipinski definition) is 2. The molecule has 0 amide bonds. The minimum atomic E-state index is 0.886. The predicted molar refractivity (Wildman–Crippen MR) is 293 cm³/mol. The second kappa shape index (κ2) is 15.1. The molecule has 326 valence electrons. The highest BCUT2D eigenvalue weighted by Gasteiger charge is 2.20. The predicted octanol–water partition coefficient (Wildman–Crippen LogP) is 18.4. The van der Waals surface area contributed by atoms with Crippen molar-refractivity contribution in [2.24, 2.45) is 0 Å². The van der Waals surface area contributed by atoms with Gasteiger partial charge < -0.3 is 18.0 Å². The molecule has 0 fully saturated rings. The summed E-state index contributed by atoms with van der Waals surface area (Å²) in [5.41, 5.74) is 14.5. The molecule has 0 bridgehead atoms. The van der Waals surface area contributed by atoms with Crippen LogP contribution < -0.4 is 0 Å². The van der Waals surface area contributed by atoms with Gasteiger partial charge in [0.2, 0.25) is 0 Å². The molecular formula is C66H40N2O2. The van der Waals surface area contributed by atoms with Gasteiger partial charge in [0, 0.05) is 44.0 Å². The Kier molecular flexibility index (Phi) is 8.33. The van der Waals surface area contributed by atoms with E-state index < -0.39 is 0 Å². The lowest BCUT2D eigenvalue weighted by Gasteiger charge is -2.23. The molecule has 15 rings (SSSR count). The van der Waals surface area contributed by atoms with Crippen LogP contribution in [-0.4, -0.2) is 9.13 Å². The Labute approximate surface area is 401 Å². The standard InChI is InChI=1S/C66H40N2O2/c1-3-17-43(18-4-1)67-59-29-11-12-30-60(59)68(44-19-5-2-6-20-44)62-40-58-56-38-42(46-26-16-28-54-52-24-10-14-32-64(52)70-66(46)54)34-36-50(56)49-35-33-41(37-55(49)47-21-7-8-22-48(47)57(58)39-61(62)67)45-25-15-27-53-51-23-9-13-31-63(51)69-65(45)53/h1-40H. The lowest BCUT2D eigenvalue weighted by atomic mass is 9.90. The lowest BCUT2D eigenvalue weighted by molar-refractivity contribution is 0.669. The third-order valence-corrected chi connectivity index (χ3v) is 14.5. The maximum absolute atomic E-state index is 6.71. The van der Waals surface area contributed by atoms with Crippen LogP contribution in [0.5, 0.6) is 0 Å². The molecule has 0 saturated carbocycles. The van der Waals surface area contributed by atoms with Crippen LogP contribution in [0.15, 0.2) is 251 Å². The van der Waals surface area contributed by atoms with Gasteiger partial charge >= 0.3 is 0 Å². The van der Waals surface area contributed by atoms with E-state index in [9.17, 15) is 0 Å². The van der Waals surface area contributed by atoms with E-state index in [2.05, 4.69) is 240 Å². The minimum Gasteiger partial charge on any atom is -0.455 e. The van der Waals surface area contributed by atoms with E-state index in [1.165, 1.54) is 5.39 Å². The Bertz CT molecular complexity index is 4700. The zero-order valence-electron chi connectivity index (χ0n) is 37.8. The highest BCUT2D eigenvalue weighted by molar-refractivity contribution is 6.28. The van der Waals surface area contributed by atoms with Gasteiger partial charge in [-0.1, -0.05) is 170 Å². The average molecular weight is 893 g/mol. The fourth-order valence-electron chi connectivity index (χ4n) is 11.4. The zero-order valence-corrected chi connectivity index (χ0v) is 37.8. The van der Waals surface area contributed by atoms with Crippen LogP contribution >= 0.6 is 0 Å². The van der Waals surface area contributed by atoms with E-state index in [0.29, 0.717) is 0 Å². The van der Waals surface area contributed by atoms with E-state index in [-0.39, 0.29) is 0 Å². The maximum atomic E-state index is 6.71. The molecule has 4 heteroatoms. The van der Waals surface area contributed by atoms with E-state index >= 15 is 0 Å². The normalized spacial score (nSPS) is 12.0. The summed E-state index contributed by atoms with van der Waals surface area (Å²) in [4.78, 5) is 0. The molecule has 0 atom stereocenters. The Morgan fingerprint density at radius 2 is 0.586 bits per heavy atom. The van der Waals surface area contributed by atoms with Crippen LogP contribution in [0.2, 0.25) is 0 Å². The quantitative estimate of drug-likeness (QED) is 0.165. The fraction of sp³-hybridized carbons (Fsp3) is 0. The molecule has 0 aliphatic rings. The van der Waals surface area contributed by atoms with Crippen molar-refractivity contribution in [2.45, 2.75) is 0 Å². The van der Waals surface area contributed by atoms with Crippen molar-refractivity contribution in [3.05, 3.63) is 243 Å². The summed E-state index contributed by atoms with van der Waals surface area (Å²) in [7, 11) is 0. The number of aromatic nitrogens is 2. The molecule has 0 aliphatic carbocycles. The van der Waals surface area contributed by atoms with Crippen LogP contribution in [0.25, 0.3) is 143 Å². The van der Waals surface area contributed by atoms with Crippen LogP contribution in [0.1, 0.15) is 0 Å². The van der Waals surface area contributed by atoms with Crippen molar-refractivity contribution in [1.82, 2.24) is 9.13 Å². The van der Waals surface area contributed by atoms with Gasteiger partial charge in [0.05, 0.1) is 22.1 Å². The monoisotopic (exact) mass is 892 g/mol. The van der Waals surface area contributed by atoms with Crippen molar-refractivity contribution < 1.29 is 8.83 Å². The summed E-state index contributed by atoms with van der Waals surface area (Å²) in [6.07, 6.45) is 0. The first-order valence-corrected chi connectivity index (χ1v) is 23.9. The maximum Gasteiger partial charge on any atom is 0.143 e. The Morgan fingerprint density at radius 3 is 1.07 bits per heavy atom. The Hall–Kier alpha value is -9.38. The highest BCUT2D eigenvalue weighted by atomic mass is 16.3. The average Bonchev–Trinajstić information content (AvgIpc) is 4.01. The van der Waals surface area contributed by atoms with Gasteiger partial charge in [-0.05, 0) is 127 Å². The van der Waals surface area contributed by atoms with Crippen LogP contribution in [0.3, 0.4) is 0 Å². The number of nitrogens with zero attached hydrogens (tertiary/aromatic N) is 2. The number of fused-ring (bicyclic) bond motifs is 16. The molecule has 3 heterocycles. The molecule has 4 nitrogen and oxygen atoms in total. The Balaban J connectivity index is 1.14. The van der Waals surface area contributed by atoms with Crippen molar-refractivity contribution in [3.8, 4) is 33.6 Å². The van der Waals surface area contributed by atoms with Crippen molar-refractivity contribution in [2.75, 3.05) is 0 Å². The van der Waals surface area contributed by atoms with E-state index in [0.717, 1.165) is 137 Å². The van der Waals surface area contributed by atoms with Crippen molar-refractivity contribution >= 4 is 109 Å². The van der Waals surface area contributed by atoms with E-state index in [1.54, 1.807) is 0 Å². The number of furan rings is 2. The second-order valence-corrected chi connectivity index (χ2v) is 18.3. The van der Waals surface area contributed by atoms with Crippen LogP contribution in [0, 0.1) is 0 Å². The molecular weight excluding hydrogens is 853 g/mol. The van der Waals surface area contributed by atoms with Gasteiger partial charge in [0.1, 0.15) is 22.3 Å². The third kappa shape index (κ3) is 5.71. The smallest absolute Gasteiger partial charge is 0.143 e. The highest BCUT2D eigenvalue weighted by Crippen LogP contribution is 2.44. The largest absolute Gasteiger partial charge is 0.455 e. The van der Waals surface area contributed by atoms with Gasteiger partial charge in [-0.15, -0.1) is 0 Å². The first-order chi connectivity index (χ1) is 34.7. The molecule has 3 aromatic heterocycles. The summed E-state index contributed by atoms with van der Waals surface area (Å²) >= 11 is 0. The number of benzene rings is 11. The van der Waals surface area contributed by atoms with E-state index in [1.807, 2.05) is 12.1 Å². The molecule has 0 aliphatic heterocycles. The van der Waals surface area contributed by atoms with Crippen molar-refractivity contribution in [1.29, 1.82) is 0 Å². The number of para-hydroxylation sites is 8. The summed E-state index contributed by atoms with van der Waals surface area (Å²) in [6.45, 7) is 0. The molecule has 12 aromatic carbocycles. The first kappa shape index (κ1) is 38.7. The summed E-state index contributed by atoms with van der Waals surface area (Å²) < 4.78 is 18.2. The molecule has 0 N–H and O–H groups in total. The van der Waals surface area contributed by atoms with E-state index in [4.69, 9.17) is 8.83 Å². The van der Waals surface area contributed by atoms with Gasteiger partial charge in [0.15, 0.2) is 0 Å². The topological polar surface area (TPSA) is 36.1 Å². The molecule has 15 aromatic rings. The summed E-state index contributed by atoms with van der Waals surface area (Å²) in [5.74, 6) is 0. The van der Waals surface area contributed by atoms with Crippen molar-refractivity contribution in [3.63, 3.8) is 0 Å². The minimum absolute atomic E-state index is 0.886. The van der Waals surface area contributed by atoms with Gasteiger partial charge in [-0.3, -0.25) is 0 Å². The van der Waals surface area contributed by atoms with Crippen LogP contribution in [0.4, 0.5) is 0 Å². The molecule has 0 unspecified atom stereocenters. The SMILES string of the molecule is c1ccc(-n2c3ccccc3n(-c3ccccc3)c3cc4c5cc(-c6cccc7c6oc6ccccc67)ccc5c5ccc(-c6cccc7c6oc6ccccc67)cc5c5ccccc5c4cc32)cc1. The molecule has 0 saturated heterocycles. The molecule has 0 spiro atoms. The number of rotatable bonds is 4. The number of hydrogen-bond donors (Lipinski definition) is 0. The fourth-order valence-corrected chi connectivity index (χ4v) is 11.4. The van der Waals surface area contributed by atoms with Gasteiger partial charge in [-0.2, -0.15) is 0 Å². The molecule has 0 radical (unpaired) electrons. The summed E-state index contributed by atoms with van der Waals surface area (Å²) in [6, 6.07) is 87.9. The van der Waals surface area contributed by atoms with Gasteiger partial charge in [0.25, 0.3) is 0 Å².